The molecule has 1 atom stereocenters. The number of rotatable bonds is 7. The summed E-state index contributed by atoms with van der Waals surface area (Å²) in [5.74, 6) is 0.426. The summed E-state index contributed by atoms with van der Waals surface area (Å²) in [6.07, 6.45) is 0. The van der Waals surface area contributed by atoms with Crippen LogP contribution in [0.25, 0.3) is 0 Å². The van der Waals surface area contributed by atoms with Crippen molar-refractivity contribution in [1.82, 2.24) is 10.6 Å². The lowest BCUT2D eigenvalue weighted by Crippen LogP contribution is -2.45. The van der Waals surface area contributed by atoms with Crippen molar-refractivity contribution in [2.24, 2.45) is 0 Å². The average molecular weight is 392 g/mol. The number of carbonyl (C=O) groups excluding carboxylic acids is 2. The van der Waals surface area contributed by atoms with Crippen molar-refractivity contribution >= 4 is 29.2 Å². The van der Waals surface area contributed by atoms with Crippen LogP contribution in [-0.4, -0.2) is 32.2 Å². The first kappa shape index (κ1) is 20.4. The summed E-state index contributed by atoms with van der Waals surface area (Å²) in [4.78, 5) is 24.2. The van der Waals surface area contributed by atoms with Gasteiger partial charge in [0.2, 0.25) is 5.91 Å². The van der Waals surface area contributed by atoms with Crippen LogP contribution in [0.5, 0.6) is 11.5 Å². The first-order chi connectivity index (χ1) is 12.9. The van der Waals surface area contributed by atoms with Crippen molar-refractivity contribution in [2.45, 2.75) is 19.5 Å². The zero-order chi connectivity index (χ0) is 19.8. The number of amides is 3. The van der Waals surface area contributed by atoms with E-state index in [1.165, 1.54) is 14.2 Å². The van der Waals surface area contributed by atoms with Gasteiger partial charge in [0.05, 0.1) is 24.9 Å². The maximum absolute atomic E-state index is 12.2. The molecular formula is C19H22ClN3O4. The van der Waals surface area contributed by atoms with Crippen molar-refractivity contribution in [3.8, 4) is 11.5 Å². The molecule has 2 rings (SSSR count). The molecule has 7 nitrogen and oxygen atoms in total. The molecule has 27 heavy (non-hydrogen) atoms. The topological polar surface area (TPSA) is 88.7 Å². The molecule has 2 aromatic rings. The Kier molecular flexibility index (Phi) is 7.31. The van der Waals surface area contributed by atoms with E-state index in [2.05, 4.69) is 16.0 Å². The molecule has 0 radical (unpaired) electrons. The van der Waals surface area contributed by atoms with Gasteiger partial charge in [-0.3, -0.25) is 10.1 Å². The third kappa shape index (κ3) is 5.79. The van der Waals surface area contributed by atoms with E-state index in [1.807, 2.05) is 30.3 Å². The number of anilines is 1. The van der Waals surface area contributed by atoms with Gasteiger partial charge in [0.1, 0.15) is 17.5 Å². The first-order valence-corrected chi connectivity index (χ1v) is 8.63. The molecule has 0 bridgehead atoms. The van der Waals surface area contributed by atoms with E-state index >= 15 is 0 Å². The van der Waals surface area contributed by atoms with Crippen LogP contribution in [0.4, 0.5) is 10.5 Å². The predicted octanol–water partition coefficient (Wildman–Crippen LogP) is 3.18. The summed E-state index contributed by atoms with van der Waals surface area (Å²) < 4.78 is 10.4. The summed E-state index contributed by atoms with van der Waals surface area (Å²) in [5, 5.41) is 8.27. The maximum Gasteiger partial charge on any atom is 0.321 e. The number of benzene rings is 2. The third-order valence-corrected chi connectivity index (χ3v) is 4.07. The number of ether oxygens (including phenoxy) is 2. The van der Waals surface area contributed by atoms with Crippen LogP contribution in [0.1, 0.15) is 12.5 Å². The summed E-state index contributed by atoms with van der Waals surface area (Å²) >= 11 is 6.12. The minimum atomic E-state index is -0.703. The Labute approximate surface area is 163 Å². The van der Waals surface area contributed by atoms with Gasteiger partial charge in [0.15, 0.2) is 0 Å². The predicted molar refractivity (Wildman–Crippen MR) is 104 cm³/mol. The van der Waals surface area contributed by atoms with Crippen LogP contribution >= 0.6 is 11.6 Å². The highest BCUT2D eigenvalue weighted by Crippen LogP contribution is 2.36. The fourth-order valence-corrected chi connectivity index (χ4v) is 2.56. The van der Waals surface area contributed by atoms with Crippen LogP contribution in [0.2, 0.25) is 5.02 Å². The molecule has 0 aliphatic rings. The second-order valence-electron chi connectivity index (χ2n) is 5.71. The van der Waals surface area contributed by atoms with Crippen molar-refractivity contribution < 1.29 is 19.1 Å². The highest BCUT2D eigenvalue weighted by Gasteiger charge is 2.18. The average Bonchev–Trinajstić information content (AvgIpc) is 2.67. The second kappa shape index (κ2) is 9.68. The van der Waals surface area contributed by atoms with Gasteiger partial charge >= 0.3 is 6.03 Å². The van der Waals surface area contributed by atoms with Gasteiger partial charge in [-0.15, -0.1) is 0 Å². The number of methoxy groups -OCH3 is 2. The molecule has 3 N–H and O–H groups in total. The maximum atomic E-state index is 12.2. The zero-order valence-corrected chi connectivity index (χ0v) is 16.1. The van der Waals surface area contributed by atoms with E-state index < -0.39 is 18.0 Å². The van der Waals surface area contributed by atoms with E-state index in [-0.39, 0.29) is 0 Å². The number of hydrogen-bond donors (Lipinski definition) is 3. The lowest BCUT2D eigenvalue weighted by Gasteiger charge is -2.18. The monoisotopic (exact) mass is 391 g/mol. The van der Waals surface area contributed by atoms with Crippen LogP contribution in [0.15, 0.2) is 42.5 Å². The molecule has 0 heterocycles. The van der Waals surface area contributed by atoms with Gasteiger partial charge in [0, 0.05) is 12.6 Å². The van der Waals surface area contributed by atoms with E-state index in [4.69, 9.17) is 21.1 Å². The van der Waals surface area contributed by atoms with Gasteiger partial charge in [-0.2, -0.15) is 0 Å². The summed E-state index contributed by atoms with van der Waals surface area (Å²) in [6.45, 7) is 1.95. The molecule has 1 unspecified atom stereocenters. The number of urea groups is 1. The van der Waals surface area contributed by atoms with Gasteiger partial charge in [-0.1, -0.05) is 41.9 Å². The van der Waals surface area contributed by atoms with Crippen LogP contribution in [0, 0.1) is 0 Å². The highest BCUT2D eigenvalue weighted by molar-refractivity contribution is 6.32. The van der Waals surface area contributed by atoms with Gasteiger partial charge in [-0.25, -0.2) is 4.79 Å². The van der Waals surface area contributed by atoms with Gasteiger partial charge in [-0.05, 0) is 18.6 Å². The summed E-state index contributed by atoms with van der Waals surface area (Å²) in [5.41, 5.74) is 1.44. The molecule has 0 aliphatic heterocycles. The number of hydrogen-bond acceptors (Lipinski definition) is 5. The van der Waals surface area contributed by atoms with E-state index in [1.54, 1.807) is 19.1 Å². The first-order valence-electron chi connectivity index (χ1n) is 8.25. The number of carbonyl (C=O) groups is 2. The van der Waals surface area contributed by atoms with Crippen LogP contribution in [0.3, 0.4) is 0 Å². The third-order valence-electron chi connectivity index (χ3n) is 3.77. The van der Waals surface area contributed by atoms with Crippen molar-refractivity contribution in [3.63, 3.8) is 0 Å². The highest BCUT2D eigenvalue weighted by atomic mass is 35.5. The van der Waals surface area contributed by atoms with Gasteiger partial charge < -0.3 is 20.1 Å². The van der Waals surface area contributed by atoms with Crippen LogP contribution < -0.4 is 25.4 Å². The van der Waals surface area contributed by atoms with Crippen molar-refractivity contribution in [2.75, 3.05) is 19.5 Å². The molecule has 0 saturated heterocycles. The molecule has 8 heteroatoms. The van der Waals surface area contributed by atoms with Gasteiger partial charge in [0.25, 0.3) is 0 Å². The van der Waals surface area contributed by atoms with E-state index in [0.717, 1.165) is 5.56 Å². The second-order valence-corrected chi connectivity index (χ2v) is 6.12. The summed E-state index contributed by atoms with van der Waals surface area (Å²) in [6, 6.07) is 11.3. The SMILES string of the molecule is COc1cc(OC)c(NC(C)C(=O)NC(=O)NCc2ccccc2)cc1Cl. The Bertz CT molecular complexity index is 799. The zero-order valence-electron chi connectivity index (χ0n) is 15.3. The normalized spacial score (nSPS) is 11.3. The minimum absolute atomic E-state index is 0.323. The number of nitrogens with one attached hydrogen (secondary N) is 3. The smallest absolute Gasteiger partial charge is 0.321 e. The summed E-state index contributed by atoms with van der Waals surface area (Å²) in [7, 11) is 2.99. The molecule has 0 aromatic heterocycles. The Hall–Kier alpha value is -2.93. The number of imide groups is 1. The Morgan fingerprint density at radius 2 is 1.74 bits per heavy atom. The fourth-order valence-electron chi connectivity index (χ4n) is 2.31. The molecule has 0 spiro atoms. The molecule has 0 aliphatic carbocycles. The molecular weight excluding hydrogens is 370 g/mol. The minimum Gasteiger partial charge on any atom is -0.495 e. The Morgan fingerprint density at radius 3 is 2.37 bits per heavy atom. The molecule has 144 valence electrons. The molecule has 0 fully saturated rings. The number of halogens is 1. The lowest BCUT2D eigenvalue weighted by atomic mass is 10.2. The Morgan fingerprint density at radius 1 is 1.07 bits per heavy atom. The van der Waals surface area contributed by atoms with Crippen molar-refractivity contribution in [3.05, 3.63) is 53.1 Å². The lowest BCUT2D eigenvalue weighted by molar-refractivity contribution is -0.120. The molecule has 3 amide bonds. The fraction of sp³-hybridized carbons (Fsp3) is 0.263. The molecule has 2 aromatic carbocycles. The largest absolute Gasteiger partial charge is 0.495 e. The van der Waals surface area contributed by atoms with Crippen LogP contribution in [-0.2, 0) is 11.3 Å². The van der Waals surface area contributed by atoms with Crippen molar-refractivity contribution in [1.29, 1.82) is 0 Å². The Balaban J connectivity index is 1.93. The van der Waals surface area contributed by atoms with E-state index in [9.17, 15) is 9.59 Å². The quantitative estimate of drug-likeness (QED) is 0.674. The standard InChI is InChI=1S/C19H22ClN3O4/c1-12(22-15-9-14(20)16(26-2)10-17(15)27-3)18(24)23-19(25)21-11-13-7-5-4-6-8-13/h4-10,12,22H,11H2,1-3H3,(H2,21,23,24,25). The molecule has 0 saturated carbocycles. The van der Waals surface area contributed by atoms with E-state index in [0.29, 0.717) is 28.8 Å².